The summed E-state index contributed by atoms with van der Waals surface area (Å²) in [5.74, 6) is 0.453. The quantitative estimate of drug-likeness (QED) is 0.274. The number of hydrogen-bond donors (Lipinski definition) is 1. The van der Waals surface area contributed by atoms with E-state index >= 15 is 0 Å². The summed E-state index contributed by atoms with van der Waals surface area (Å²) in [4.78, 5) is 16.7. The van der Waals surface area contributed by atoms with E-state index in [1.54, 1.807) is 4.90 Å². The number of piperidine rings is 3. The molecule has 0 spiro atoms. The van der Waals surface area contributed by atoms with Crippen molar-refractivity contribution in [2.75, 3.05) is 19.6 Å². The molecule has 1 N–H and O–H groups in total. The third-order valence-corrected chi connectivity index (χ3v) is 9.08. The molecule has 4 aromatic rings. The molecule has 0 saturated carbocycles. The van der Waals surface area contributed by atoms with Gasteiger partial charge in [-0.25, -0.2) is 9.48 Å². The van der Waals surface area contributed by atoms with Crippen LogP contribution >= 0.6 is 0 Å². The lowest BCUT2D eigenvalue weighted by molar-refractivity contribution is -0.0289. The Morgan fingerprint density at radius 1 is 0.902 bits per heavy atom. The third-order valence-electron chi connectivity index (χ3n) is 9.08. The lowest BCUT2D eigenvalue weighted by Gasteiger charge is -2.52. The van der Waals surface area contributed by atoms with Crippen LogP contribution in [0.4, 0.5) is 4.79 Å². The molecule has 3 saturated heterocycles. The summed E-state index contributed by atoms with van der Waals surface area (Å²) in [6.07, 6.45) is 5.14. The van der Waals surface area contributed by atoms with Crippen molar-refractivity contribution in [1.82, 2.24) is 24.8 Å². The van der Waals surface area contributed by atoms with E-state index in [2.05, 4.69) is 75.9 Å². The Labute approximate surface area is 242 Å². The van der Waals surface area contributed by atoms with Gasteiger partial charge in [-0.2, -0.15) is 0 Å². The number of aromatic nitrogens is 3. The molecular formula is C34H39N5O2. The molecule has 3 aliphatic heterocycles. The number of rotatable bonds is 9. The van der Waals surface area contributed by atoms with Gasteiger partial charge >= 0.3 is 6.09 Å². The molecule has 0 radical (unpaired) electrons. The molecule has 3 aromatic carbocycles. The van der Waals surface area contributed by atoms with Crippen LogP contribution in [0.5, 0.6) is 0 Å². The molecule has 7 nitrogen and oxygen atoms in total. The van der Waals surface area contributed by atoms with Gasteiger partial charge in [0.2, 0.25) is 0 Å². The minimum absolute atomic E-state index is 0.0469. The van der Waals surface area contributed by atoms with Crippen molar-refractivity contribution < 1.29 is 9.90 Å². The van der Waals surface area contributed by atoms with Crippen molar-refractivity contribution in [3.63, 3.8) is 0 Å². The molecule has 1 amide bonds. The molecule has 212 valence electrons. The number of benzene rings is 3. The molecule has 1 aromatic heterocycles. The number of aryl methyl sites for hydroxylation is 2. The first-order chi connectivity index (χ1) is 19.9. The largest absolute Gasteiger partial charge is 0.465 e. The number of amides is 1. The molecule has 0 aliphatic carbocycles. The second-order valence-corrected chi connectivity index (χ2v) is 12.1. The van der Waals surface area contributed by atoms with Crippen LogP contribution in [0.2, 0.25) is 0 Å². The van der Waals surface area contributed by atoms with Gasteiger partial charge < -0.3 is 10.0 Å². The molecule has 7 heteroatoms. The topological polar surface area (TPSA) is 74.5 Å². The van der Waals surface area contributed by atoms with Crippen LogP contribution in [0.3, 0.4) is 0 Å². The predicted octanol–water partition coefficient (Wildman–Crippen LogP) is 6.09. The van der Waals surface area contributed by atoms with Crippen molar-refractivity contribution in [3.05, 3.63) is 107 Å². The maximum Gasteiger partial charge on any atom is 0.408 e. The smallest absolute Gasteiger partial charge is 0.408 e. The molecule has 7 rings (SSSR count). The molecule has 4 heterocycles. The fraction of sp³-hybridized carbons (Fsp3) is 0.382. The van der Waals surface area contributed by atoms with Crippen molar-refractivity contribution >= 4 is 6.09 Å². The Bertz CT molecular complexity index is 1460. The number of fused-ring (bicyclic) bond motifs is 3. The van der Waals surface area contributed by atoms with Gasteiger partial charge in [0.05, 0.1) is 23.8 Å². The van der Waals surface area contributed by atoms with Gasteiger partial charge in [0, 0.05) is 12.7 Å². The summed E-state index contributed by atoms with van der Waals surface area (Å²) in [6, 6.07) is 27.5. The van der Waals surface area contributed by atoms with Crippen molar-refractivity contribution in [2.24, 2.45) is 5.92 Å². The summed E-state index contributed by atoms with van der Waals surface area (Å²) in [5, 5.41) is 18.9. The Balaban J connectivity index is 1.09. The van der Waals surface area contributed by atoms with E-state index in [0.717, 1.165) is 74.2 Å². The number of nitrogens with zero attached hydrogens (tertiary/aromatic N) is 5. The Morgan fingerprint density at radius 2 is 1.56 bits per heavy atom. The van der Waals surface area contributed by atoms with Gasteiger partial charge in [0.15, 0.2) is 0 Å². The van der Waals surface area contributed by atoms with E-state index in [9.17, 15) is 9.90 Å². The highest BCUT2D eigenvalue weighted by Crippen LogP contribution is 2.38. The molecule has 1 atom stereocenters. The van der Waals surface area contributed by atoms with E-state index in [-0.39, 0.29) is 6.04 Å². The highest BCUT2D eigenvalue weighted by atomic mass is 16.4. The van der Waals surface area contributed by atoms with Gasteiger partial charge in [-0.1, -0.05) is 84.1 Å². The van der Waals surface area contributed by atoms with Crippen LogP contribution in [-0.4, -0.2) is 61.7 Å². The zero-order valence-corrected chi connectivity index (χ0v) is 24.0. The normalized spacial score (nSPS) is 20.2. The fourth-order valence-corrected chi connectivity index (χ4v) is 6.67. The van der Waals surface area contributed by atoms with Crippen LogP contribution in [0, 0.1) is 5.92 Å². The molecule has 2 bridgehead atoms. The summed E-state index contributed by atoms with van der Waals surface area (Å²) in [7, 11) is 0. The lowest BCUT2D eigenvalue weighted by Crippen LogP contribution is -2.62. The standard InChI is InChI=1S/C34H39N5O2/c1-34(2,39(33(40)41)32-24-37-20-18-29(32)19-21-37)30-15-13-28(14-16-30)27-11-8-25(9-12-27)10-17-31-23-38(36-35-31)22-26-6-4-3-5-7-26/h3-9,11-16,23,29,32H,10,17-22,24H2,1-2H3,(H,40,41). The number of hydrogen-bond acceptors (Lipinski definition) is 4. The first-order valence-electron chi connectivity index (χ1n) is 14.7. The van der Waals surface area contributed by atoms with E-state index < -0.39 is 11.6 Å². The molecule has 1 unspecified atom stereocenters. The first kappa shape index (κ1) is 27.2. The molecule has 3 aliphatic rings. The molecule has 41 heavy (non-hydrogen) atoms. The Hall–Kier alpha value is -3.97. The zero-order valence-electron chi connectivity index (χ0n) is 24.0. The van der Waals surface area contributed by atoms with E-state index in [1.165, 1.54) is 11.1 Å². The second kappa shape index (κ2) is 11.5. The Kier molecular flexibility index (Phi) is 7.63. The SMILES string of the molecule is CC(C)(c1ccc(-c2ccc(CCc3cn(Cc4ccccc4)nn3)cc2)cc1)N(C(=O)O)C1CN2CCC1CC2. The maximum absolute atomic E-state index is 12.5. The van der Waals surface area contributed by atoms with E-state index in [4.69, 9.17) is 0 Å². The van der Waals surface area contributed by atoms with Crippen LogP contribution < -0.4 is 0 Å². The minimum atomic E-state index is -0.827. The van der Waals surface area contributed by atoms with Gasteiger partial charge in [-0.15, -0.1) is 5.10 Å². The van der Waals surface area contributed by atoms with Crippen LogP contribution in [0.1, 0.15) is 49.1 Å². The summed E-state index contributed by atoms with van der Waals surface area (Å²) in [5.41, 5.74) is 6.17. The lowest BCUT2D eigenvalue weighted by atomic mass is 9.80. The third kappa shape index (κ3) is 5.91. The summed E-state index contributed by atoms with van der Waals surface area (Å²) < 4.78 is 1.89. The number of carbonyl (C=O) groups is 1. The van der Waals surface area contributed by atoms with Crippen molar-refractivity contribution in [1.29, 1.82) is 0 Å². The van der Waals surface area contributed by atoms with Gasteiger partial charge in [-0.3, -0.25) is 4.90 Å². The van der Waals surface area contributed by atoms with Crippen LogP contribution in [0.15, 0.2) is 85.1 Å². The van der Waals surface area contributed by atoms with Gasteiger partial charge in [0.1, 0.15) is 0 Å². The average molecular weight is 550 g/mol. The van der Waals surface area contributed by atoms with Crippen molar-refractivity contribution in [2.45, 2.75) is 57.7 Å². The monoisotopic (exact) mass is 549 g/mol. The highest BCUT2D eigenvalue weighted by Gasteiger charge is 2.45. The highest BCUT2D eigenvalue weighted by molar-refractivity contribution is 5.68. The second-order valence-electron chi connectivity index (χ2n) is 12.1. The Morgan fingerprint density at radius 3 is 2.17 bits per heavy atom. The maximum atomic E-state index is 12.5. The van der Waals surface area contributed by atoms with Gasteiger partial charge in [-0.05, 0) is 86.4 Å². The van der Waals surface area contributed by atoms with E-state index in [1.807, 2.05) is 42.9 Å². The van der Waals surface area contributed by atoms with Crippen molar-refractivity contribution in [3.8, 4) is 11.1 Å². The summed E-state index contributed by atoms with van der Waals surface area (Å²) in [6.45, 7) is 7.85. The van der Waals surface area contributed by atoms with Crippen LogP contribution in [0.25, 0.3) is 11.1 Å². The zero-order chi connectivity index (χ0) is 28.4. The van der Waals surface area contributed by atoms with Crippen LogP contribution in [-0.2, 0) is 24.9 Å². The first-order valence-corrected chi connectivity index (χ1v) is 14.7. The fourth-order valence-electron chi connectivity index (χ4n) is 6.67. The number of carboxylic acid groups (broad SMARTS) is 1. The minimum Gasteiger partial charge on any atom is -0.465 e. The molecule has 3 fully saturated rings. The van der Waals surface area contributed by atoms with E-state index in [0.29, 0.717) is 5.92 Å². The average Bonchev–Trinajstić information content (AvgIpc) is 3.44. The predicted molar refractivity (Wildman–Crippen MR) is 161 cm³/mol. The van der Waals surface area contributed by atoms with Gasteiger partial charge in [0.25, 0.3) is 0 Å². The molecular weight excluding hydrogens is 510 g/mol. The summed E-state index contributed by atoms with van der Waals surface area (Å²) >= 11 is 0.